The summed E-state index contributed by atoms with van der Waals surface area (Å²) in [5.41, 5.74) is 3.57. The van der Waals surface area contributed by atoms with E-state index < -0.39 is 5.54 Å². The molecule has 2 aliphatic heterocycles. The number of hydrogen-bond donors (Lipinski definition) is 1. The highest BCUT2D eigenvalue weighted by Gasteiger charge is 2.54. The van der Waals surface area contributed by atoms with Gasteiger partial charge >= 0.3 is 6.03 Å². The zero-order valence-electron chi connectivity index (χ0n) is 20.3. The molecule has 4 rings (SSSR count). The second-order valence-electron chi connectivity index (χ2n) is 9.33. The molecule has 8 nitrogen and oxygen atoms in total. The van der Waals surface area contributed by atoms with E-state index in [2.05, 4.69) is 10.3 Å². The number of benzene rings is 1. The van der Waals surface area contributed by atoms with Gasteiger partial charge in [0.15, 0.2) is 0 Å². The van der Waals surface area contributed by atoms with Gasteiger partial charge in [0.05, 0.1) is 11.2 Å². The lowest BCUT2D eigenvalue weighted by Gasteiger charge is -2.40. The zero-order valence-corrected chi connectivity index (χ0v) is 21.2. The van der Waals surface area contributed by atoms with Crippen molar-refractivity contribution >= 4 is 34.9 Å². The summed E-state index contributed by atoms with van der Waals surface area (Å²) >= 11 is 1.55. The number of aryl methyl sites for hydroxylation is 1. The van der Waals surface area contributed by atoms with Crippen LogP contribution < -0.4 is 10.2 Å². The molecule has 34 heavy (non-hydrogen) atoms. The van der Waals surface area contributed by atoms with E-state index in [1.807, 2.05) is 62.0 Å². The number of imide groups is 1. The summed E-state index contributed by atoms with van der Waals surface area (Å²) in [5, 5.41) is 3.04. The molecular weight excluding hydrogens is 450 g/mol. The van der Waals surface area contributed by atoms with Crippen LogP contribution in [0.1, 0.15) is 47.1 Å². The van der Waals surface area contributed by atoms with Crippen LogP contribution in [0.5, 0.6) is 0 Å². The van der Waals surface area contributed by atoms with Crippen LogP contribution in [-0.4, -0.2) is 71.9 Å². The van der Waals surface area contributed by atoms with Crippen LogP contribution >= 0.6 is 11.3 Å². The molecule has 0 bridgehead atoms. The molecule has 0 radical (unpaired) electrons. The number of carbonyl (C=O) groups is 3. The Morgan fingerprint density at radius 2 is 1.88 bits per heavy atom. The Hall–Kier alpha value is -2.94. The highest BCUT2D eigenvalue weighted by atomic mass is 32.1. The summed E-state index contributed by atoms with van der Waals surface area (Å²) in [5.74, 6) is -0.117. The number of hydrogen-bond acceptors (Lipinski definition) is 6. The predicted octanol–water partition coefficient (Wildman–Crippen LogP) is 3.31. The van der Waals surface area contributed by atoms with Crippen molar-refractivity contribution in [3.8, 4) is 0 Å². The van der Waals surface area contributed by atoms with Crippen LogP contribution in [0.4, 0.5) is 10.5 Å². The maximum atomic E-state index is 13.5. The molecule has 1 N–H and O–H groups in total. The quantitative estimate of drug-likeness (QED) is 0.611. The largest absolute Gasteiger partial charge is 0.378 e. The lowest BCUT2D eigenvalue weighted by Crippen LogP contribution is -2.56. The number of likely N-dealkylation sites (tertiary alicyclic amines) is 1. The second-order valence-corrected chi connectivity index (χ2v) is 10.3. The molecule has 2 saturated heterocycles. The minimum atomic E-state index is -0.887. The zero-order chi connectivity index (χ0) is 24.5. The number of anilines is 1. The average Bonchev–Trinajstić information content (AvgIpc) is 3.37. The lowest BCUT2D eigenvalue weighted by molar-refractivity contribution is -0.134. The number of nitrogens with zero attached hydrogens (tertiary/aromatic N) is 4. The monoisotopic (exact) mass is 483 g/mol. The van der Waals surface area contributed by atoms with Crippen LogP contribution in [0.3, 0.4) is 0 Å². The number of amides is 4. The Kier molecular flexibility index (Phi) is 6.93. The fourth-order valence-electron chi connectivity index (χ4n) is 5.09. The normalized spacial score (nSPS) is 21.2. The number of thiazole rings is 1. The number of aromatic nitrogens is 1. The van der Waals surface area contributed by atoms with Crippen molar-refractivity contribution in [3.63, 3.8) is 0 Å². The topological polar surface area (TPSA) is 85.8 Å². The smallest absolute Gasteiger partial charge is 0.325 e. The van der Waals surface area contributed by atoms with E-state index in [0.717, 1.165) is 16.3 Å². The maximum absolute atomic E-state index is 13.5. The van der Waals surface area contributed by atoms with Crippen molar-refractivity contribution in [2.75, 3.05) is 38.6 Å². The first-order chi connectivity index (χ1) is 16.3. The Bertz CT molecular complexity index is 1060. The molecule has 1 aromatic carbocycles. The van der Waals surface area contributed by atoms with Crippen molar-refractivity contribution in [2.24, 2.45) is 5.92 Å². The van der Waals surface area contributed by atoms with Gasteiger partial charge in [0.1, 0.15) is 5.54 Å². The highest BCUT2D eigenvalue weighted by molar-refractivity contribution is 7.09. The van der Waals surface area contributed by atoms with E-state index in [1.165, 1.54) is 4.90 Å². The highest BCUT2D eigenvalue weighted by Crippen LogP contribution is 2.36. The Morgan fingerprint density at radius 3 is 2.44 bits per heavy atom. The first-order valence-corrected chi connectivity index (χ1v) is 12.7. The van der Waals surface area contributed by atoms with E-state index in [4.69, 9.17) is 0 Å². The second kappa shape index (κ2) is 9.74. The molecule has 3 heterocycles. The molecule has 0 saturated carbocycles. The van der Waals surface area contributed by atoms with Crippen molar-refractivity contribution < 1.29 is 14.4 Å². The van der Waals surface area contributed by atoms with Gasteiger partial charge < -0.3 is 15.1 Å². The van der Waals surface area contributed by atoms with Crippen LogP contribution in [0, 0.1) is 12.8 Å². The van der Waals surface area contributed by atoms with Crippen LogP contribution in [0.2, 0.25) is 0 Å². The van der Waals surface area contributed by atoms with Gasteiger partial charge in [0.25, 0.3) is 11.8 Å². The third kappa shape index (κ3) is 4.41. The minimum absolute atomic E-state index is 0.00394. The number of piperidine rings is 1. The molecule has 4 amide bonds. The van der Waals surface area contributed by atoms with E-state index >= 15 is 0 Å². The molecule has 1 aromatic heterocycles. The van der Waals surface area contributed by atoms with Gasteiger partial charge in [-0.25, -0.2) is 9.78 Å². The van der Waals surface area contributed by atoms with Crippen LogP contribution in [0.25, 0.3) is 0 Å². The fraction of sp³-hybridized carbons (Fsp3) is 0.520. The van der Waals surface area contributed by atoms with Gasteiger partial charge in [-0.1, -0.05) is 6.92 Å². The minimum Gasteiger partial charge on any atom is -0.378 e. The number of nitrogens with one attached hydrogen (secondary N) is 1. The first-order valence-electron chi connectivity index (χ1n) is 11.9. The number of urea groups is 1. The fourth-order valence-corrected chi connectivity index (χ4v) is 5.86. The molecule has 0 unspecified atom stereocenters. The van der Waals surface area contributed by atoms with Crippen molar-refractivity contribution in [2.45, 2.75) is 45.1 Å². The summed E-state index contributed by atoms with van der Waals surface area (Å²) in [6.45, 7) is 5.40. The SMILES string of the molecule is CC[C@@]1(C2CCN(C(=O)c3ccc(N(C)C)cc3)CC2)NC(=O)N(CCc2scnc2C)C1=O. The molecule has 182 valence electrons. The molecule has 2 fully saturated rings. The Labute approximate surface area is 204 Å². The van der Waals surface area contributed by atoms with Gasteiger partial charge in [-0.15, -0.1) is 11.3 Å². The van der Waals surface area contributed by atoms with Gasteiger partial charge in [0, 0.05) is 56.3 Å². The van der Waals surface area contributed by atoms with Gasteiger partial charge in [-0.2, -0.15) is 0 Å². The van der Waals surface area contributed by atoms with E-state index in [-0.39, 0.29) is 23.8 Å². The Morgan fingerprint density at radius 1 is 1.21 bits per heavy atom. The molecule has 0 aliphatic carbocycles. The maximum Gasteiger partial charge on any atom is 0.325 e. The lowest BCUT2D eigenvalue weighted by atomic mass is 9.75. The average molecular weight is 484 g/mol. The summed E-state index contributed by atoms with van der Waals surface area (Å²) in [4.78, 5) is 49.9. The Balaban J connectivity index is 1.40. The van der Waals surface area contributed by atoms with Gasteiger partial charge in [0.2, 0.25) is 0 Å². The molecular formula is C25H33N5O3S. The molecule has 2 aromatic rings. The summed E-state index contributed by atoms with van der Waals surface area (Å²) < 4.78 is 0. The number of rotatable bonds is 7. The van der Waals surface area contributed by atoms with E-state index in [1.54, 1.807) is 16.8 Å². The molecule has 2 aliphatic rings. The molecule has 0 spiro atoms. The van der Waals surface area contributed by atoms with Crippen molar-refractivity contribution in [1.29, 1.82) is 0 Å². The van der Waals surface area contributed by atoms with Crippen molar-refractivity contribution in [3.05, 3.63) is 45.9 Å². The van der Waals surface area contributed by atoms with Gasteiger partial charge in [-0.3, -0.25) is 14.5 Å². The molecule has 9 heteroatoms. The van der Waals surface area contributed by atoms with Crippen molar-refractivity contribution in [1.82, 2.24) is 20.1 Å². The summed E-state index contributed by atoms with van der Waals surface area (Å²) in [7, 11) is 3.94. The summed E-state index contributed by atoms with van der Waals surface area (Å²) in [6.07, 6.45) is 2.53. The third-order valence-corrected chi connectivity index (χ3v) is 8.27. The summed E-state index contributed by atoms with van der Waals surface area (Å²) in [6, 6.07) is 7.30. The molecule has 1 atom stereocenters. The van der Waals surface area contributed by atoms with Gasteiger partial charge in [-0.05, 0) is 56.4 Å². The van der Waals surface area contributed by atoms with E-state index in [9.17, 15) is 14.4 Å². The standard InChI is InChI=1S/C25H33N5O3S/c1-5-25(23(32)30(24(33)27-25)15-12-21-17(2)26-16-34-21)19-10-13-29(14-11-19)22(31)18-6-8-20(9-7-18)28(3)4/h6-9,16,19H,5,10-15H2,1-4H3,(H,27,33)/t25-/m0/s1. The first kappa shape index (κ1) is 24.2. The number of carbonyl (C=O) groups excluding carboxylic acids is 3. The van der Waals surface area contributed by atoms with E-state index in [0.29, 0.717) is 50.9 Å². The predicted molar refractivity (Wildman–Crippen MR) is 133 cm³/mol. The third-order valence-electron chi connectivity index (χ3n) is 7.28. The van der Waals surface area contributed by atoms with Crippen LogP contribution in [-0.2, 0) is 11.2 Å². The van der Waals surface area contributed by atoms with Crippen LogP contribution in [0.15, 0.2) is 29.8 Å².